The molecular weight excluding hydrogens is 360 g/mol. The van der Waals surface area contributed by atoms with Crippen molar-refractivity contribution in [3.8, 4) is 0 Å². The summed E-state index contributed by atoms with van der Waals surface area (Å²) in [6.45, 7) is 6.41. The second-order valence-corrected chi connectivity index (χ2v) is 8.39. The van der Waals surface area contributed by atoms with Gasteiger partial charge in [-0.05, 0) is 44.0 Å². The number of hydrogen-bond donors (Lipinski definition) is 0. The van der Waals surface area contributed by atoms with E-state index in [1.165, 1.54) is 0 Å². The number of nitrogens with zero attached hydrogens (tertiary/aromatic N) is 2. The van der Waals surface area contributed by atoms with Gasteiger partial charge in [0, 0.05) is 23.5 Å². The fourth-order valence-electron chi connectivity index (χ4n) is 3.38. The highest BCUT2D eigenvalue weighted by molar-refractivity contribution is 6.30. The third-order valence-electron chi connectivity index (χ3n) is 4.89. The van der Waals surface area contributed by atoms with E-state index in [0.717, 1.165) is 11.1 Å². The molecule has 0 unspecified atom stereocenters. The van der Waals surface area contributed by atoms with E-state index in [1.807, 2.05) is 63.2 Å². The first kappa shape index (κ1) is 19.4. The molecule has 0 N–H and O–H groups in total. The third kappa shape index (κ3) is 4.51. The van der Waals surface area contributed by atoms with Gasteiger partial charge in [0.1, 0.15) is 12.6 Å². The lowest BCUT2D eigenvalue weighted by molar-refractivity contribution is -0.161. The fraction of sp³-hybridized carbons (Fsp3) is 0.364. The van der Waals surface area contributed by atoms with Gasteiger partial charge in [-0.25, -0.2) is 0 Å². The second kappa shape index (κ2) is 7.73. The Kier molecular flexibility index (Phi) is 5.56. The number of amides is 2. The van der Waals surface area contributed by atoms with Gasteiger partial charge in [-0.2, -0.15) is 0 Å². The van der Waals surface area contributed by atoms with Gasteiger partial charge in [-0.15, -0.1) is 0 Å². The van der Waals surface area contributed by atoms with Crippen LogP contribution in [0.1, 0.15) is 31.9 Å². The molecule has 4 nitrogen and oxygen atoms in total. The largest absolute Gasteiger partial charge is 0.327 e. The Hall–Kier alpha value is -2.33. The van der Waals surface area contributed by atoms with Crippen LogP contribution in [0.3, 0.4) is 0 Å². The highest BCUT2D eigenvalue weighted by Crippen LogP contribution is 2.25. The van der Waals surface area contributed by atoms with Crippen molar-refractivity contribution in [2.24, 2.45) is 0 Å². The van der Waals surface area contributed by atoms with Gasteiger partial charge in [0.05, 0.1) is 0 Å². The summed E-state index contributed by atoms with van der Waals surface area (Å²) in [5.41, 5.74) is 1.61. The molecular formula is C22H25ClN2O2. The molecule has 142 valence electrons. The zero-order valence-corrected chi connectivity index (χ0v) is 16.7. The number of halogens is 1. The van der Waals surface area contributed by atoms with Gasteiger partial charge < -0.3 is 9.80 Å². The van der Waals surface area contributed by atoms with Crippen LogP contribution in [-0.4, -0.2) is 39.7 Å². The van der Waals surface area contributed by atoms with Gasteiger partial charge >= 0.3 is 0 Å². The minimum absolute atomic E-state index is 0.0000772. The summed E-state index contributed by atoms with van der Waals surface area (Å²) < 4.78 is 0. The average Bonchev–Trinajstić information content (AvgIpc) is 2.62. The lowest BCUT2D eigenvalue weighted by atomic mass is 9.96. The van der Waals surface area contributed by atoms with Gasteiger partial charge in [0.2, 0.25) is 11.8 Å². The van der Waals surface area contributed by atoms with E-state index in [4.69, 9.17) is 11.6 Å². The molecule has 2 aromatic rings. The predicted octanol–water partition coefficient (Wildman–Crippen LogP) is 3.92. The first-order valence-corrected chi connectivity index (χ1v) is 9.53. The summed E-state index contributed by atoms with van der Waals surface area (Å²) in [5.74, 6) is -0.0275. The Balaban J connectivity index is 1.91. The first-order chi connectivity index (χ1) is 12.8. The molecule has 1 heterocycles. The number of carbonyl (C=O) groups excluding carboxylic acids is 2. The van der Waals surface area contributed by atoms with E-state index in [9.17, 15) is 9.59 Å². The first-order valence-electron chi connectivity index (χ1n) is 9.15. The molecule has 3 rings (SSSR count). The maximum atomic E-state index is 13.3. The van der Waals surface area contributed by atoms with Crippen LogP contribution in [0.15, 0.2) is 54.6 Å². The van der Waals surface area contributed by atoms with Crippen LogP contribution < -0.4 is 0 Å². The monoisotopic (exact) mass is 384 g/mol. The minimum atomic E-state index is -0.511. The maximum Gasteiger partial charge on any atom is 0.246 e. The quantitative estimate of drug-likeness (QED) is 0.801. The summed E-state index contributed by atoms with van der Waals surface area (Å²) in [4.78, 5) is 29.7. The van der Waals surface area contributed by atoms with Crippen molar-refractivity contribution >= 4 is 23.4 Å². The minimum Gasteiger partial charge on any atom is -0.327 e. The summed E-state index contributed by atoms with van der Waals surface area (Å²) in [6, 6.07) is 16.7. The molecule has 0 radical (unpaired) electrons. The van der Waals surface area contributed by atoms with Crippen molar-refractivity contribution in [2.45, 2.75) is 45.3 Å². The Labute approximate surface area is 165 Å². The van der Waals surface area contributed by atoms with E-state index in [-0.39, 0.29) is 18.4 Å². The molecule has 2 aromatic carbocycles. The molecule has 0 saturated carbocycles. The van der Waals surface area contributed by atoms with E-state index < -0.39 is 11.6 Å². The molecule has 2 amide bonds. The Bertz CT molecular complexity index is 812. The topological polar surface area (TPSA) is 40.6 Å². The van der Waals surface area contributed by atoms with E-state index in [2.05, 4.69) is 0 Å². The molecule has 1 saturated heterocycles. The molecule has 0 bridgehead atoms. The van der Waals surface area contributed by atoms with Crippen LogP contribution in [-0.2, 0) is 22.6 Å². The van der Waals surface area contributed by atoms with Crippen molar-refractivity contribution in [3.63, 3.8) is 0 Å². The van der Waals surface area contributed by atoms with Crippen molar-refractivity contribution in [3.05, 3.63) is 70.7 Å². The van der Waals surface area contributed by atoms with Crippen LogP contribution in [0.25, 0.3) is 0 Å². The summed E-state index contributed by atoms with van der Waals surface area (Å²) in [5, 5.41) is 0.652. The number of rotatable bonds is 4. The molecule has 1 atom stereocenters. The maximum absolute atomic E-state index is 13.3. The predicted molar refractivity (Wildman–Crippen MR) is 107 cm³/mol. The van der Waals surface area contributed by atoms with Crippen molar-refractivity contribution in [1.29, 1.82) is 0 Å². The summed E-state index contributed by atoms with van der Waals surface area (Å²) in [7, 11) is 0. The van der Waals surface area contributed by atoms with Gasteiger partial charge in [0.15, 0.2) is 0 Å². The molecule has 1 aliphatic heterocycles. The molecule has 1 fully saturated rings. The van der Waals surface area contributed by atoms with Crippen LogP contribution >= 0.6 is 11.6 Å². The van der Waals surface area contributed by atoms with Gasteiger partial charge in [-0.3, -0.25) is 9.59 Å². The fourth-order valence-corrected chi connectivity index (χ4v) is 3.50. The lowest BCUT2D eigenvalue weighted by Crippen LogP contribution is -2.64. The standard InChI is InChI=1S/C22H25ClN2O2/c1-22(2,3)25-15-20(26)24(14-17-9-11-18(23)12-10-17)19(21(25)27)13-16-7-5-4-6-8-16/h4-12,19H,13-15H2,1-3H3/t19-/m0/s1. The lowest BCUT2D eigenvalue weighted by Gasteiger charge is -2.46. The highest BCUT2D eigenvalue weighted by atomic mass is 35.5. The Morgan fingerprint density at radius 1 is 0.963 bits per heavy atom. The van der Waals surface area contributed by atoms with Crippen molar-refractivity contribution in [2.75, 3.05) is 6.54 Å². The number of hydrogen-bond acceptors (Lipinski definition) is 2. The normalized spacial score (nSPS) is 18.1. The molecule has 0 spiro atoms. The summed E-state index contributed by atoms with van der Waals surface area (Å²) in [6.07, 6.45) is 0.506. The van der Waals surface area contributed by atoms with Gasteiger partial charge in [-0.1, -0.05) is 54.1 Å². The van der Waals surface area contributed by atoms with Crippen LogP contribution in [0.4, 0.5) is 0 Å². The molecule has 27 heavy (non-hydrogen) atoms. The number of benzene rings is 2. The van der Waals surface area contributed by atoms with E-state index in [1.54, 1.807) is 21.9 Å². The van der Waals surface area contributed by atoms with Crippen LogP contribution in [0.5, 0.6) is 0 Å². The summed E-state index contributed by atoms with van der Waals surface area (Å²) >= 11 is 5.97. The molecule has 5 heteroatoms. The van der Waals surface area contributed by atoms with Crippen LogP contribution in [0.2, 0.25) is 5.02 Å². The Morgan fingerprint density at radius 3 is 2.19 bits per heavy atom. The molecule has 0 aliphatic carbocycles. The smallest absolute Gasteiger partial charge is 0.246 e. The van der Waals surface area contributed by atoms with Crippen LogP contribution in [0, 0.1) is 0 Å². The average molecular weight is 385 g/mol. The van der Waals surface area contributed by atoms with Crippen molar-refractivity contribution < 1.29 is 9.59 Å². The van der Waals surface area contributed by atoms with E-state index in [0.29, 0.717) is 18.0 Å². The SMILES string of the molecule is CC(C)(C)N1CC(=O)N(Cc2ccc(Cl)cc2)[C@@H](Cc2ccccc2)C1=O. The third-order valence-corrected chi connectivity index (χ3v) is 5.14. The highest BCUT2D eigenvalue weighted by Gasteiger charge is 2.43. The van der Waals surface area contributed by atoms with Gasteiger partial charge in [0.25, 0.3) is 0 Å². The second-order valence-electron chi connectivity index (χ2n) is 7.95. The zero-order chi connectivity index (χ0) is 19.6. The Morgan fingerprint density at radius 2 is 1.59 bits per heavy atom. The number of carbonyl (C=O) groups is 2. The molecule has 1 aliphatic rings. The number of piperazine rings is 1. The molecule has 0 aromatic heterocycles. The zero-order valence-electron chi connectivity index (χ0n) is 16.0. The van der Waals surface area contributed by atoms with Crippen molar-refractivity contribution in [1.82, 2.24) is 9.80 Å². The van der Waals surface area contributed by atoms with E-state index >= 15 is 0 Å².